The Bertz CT molecular complexity index is 771. The van der Waals surface area contributed by atoms with Crippen molar-refractivity contribution in [1.82, 2.24) is 10.3 Å². The summed E-state index contributed by atoms with van der Waals surface area (Å²) >= 11 is 0. The lowest BCUT2D eigenvalue weighted by Gasteiger charge is -2.09. The van der Waals surface area contributed by atoms with Crippen LogP contribution in [0.2, 0.25) is 0 Å². The summed E-state index contributed by atoms with van der Waals surface area (Å²) in [5.41, 5.74) is 6.73. The van der Waals surface area contributed by atoms with E-state index >= 15 is 0 Å². The summed E-state index contributed by atoms with van der Waals surface area (Å²) in [5.74, 6) is 0. The maximum atomic E-state index is 12.2. The zero-order chi connectivity index (χ0) is 15.5. The van der Waals surface area contributed by atoms with Crippen molar-refractivity contribution >= 4 is 6.08 Å². The molecule has 1 aliphatic carbocycles. The molecule has 22 heavy (non-hydrogen) atoms. The smallest absolute Gasteiger partial charge is 0.186 e. The highest BCUT2D eigenvalue weighted by molar-refractivity contribution is 5.60. The van der Waals surface area contributed by atoms with E-state index in [1.807, 2.05) is 0 Å². The number of hydrogen-bond acceptors (Lipinski definition) is 2. The Kier molecular flexibility index (Phi) is 4.14. The third-order valence-corrected chi connectivity index (χ3v) is 4.20. The molecule has 0 amide bonds. The van der Waals surface area contributed by atoms with Gasteiger partial charge in [-0.05, 0) is 30.5 Å². The van der Waals surface area contributed by atoms with Gasteiger partial charge in [0.15, 0.2) is 5.43 Å². The number of H-pyrrole nitrogens is 1. The summed E-state index contributed by atoms with van der Waals surface area (Å²) in [4.78, 5) is 15.6. The zero-order valence-electron chi connectivity index (χ0n) is 13.2. The van der Waals surface area contributed by atoms with Crippen LogP contribution in [-0.2, 0) is 19.4 Å². The quantitative estimate of drug-likeness (QED) is 0.888. The van der Waals surface area contributed by atoms with E-state index < -0.39 is 0 Å². The number of nitrogens with one attached hydrogen (secondary N) is 2. The fourth-order valence-electron chi connectivity index (χ4n) is 2.92. The molecule has 0 radical (unpaired) electrons. The van der Waals surface area contributed by atoms with E-state index in [-0.39, 0.29) is 5.43 Å². The number of rotatable bonds is 5. The van der Waals surface area contributed by atoms with Crippen molar-refractivity contribution in [3.05, 3.63) is 74.3 Å². The highest BCUT2D eigenvalue weighted by atomic mass is 16.1. The monoisotopic (exact) mass is 294 g/mol. The van der Waals surface area contributed by atoms with Gasteiger partial charge in [0.1, 0.15) is 0 Å². The average Bonchev–Trinajstić information content (AvgIpc) is 2.90. The van der Waals surface area contributed by atoms with E-state index in [4.69, 9.17) is 0 Å². The molecule has 2 N–H and O–H groups in total. The Hall–Kier alpha value is -2.29. The zero-order valence-corrected chi connectivity index (χ0v) is 13.2. The summed E-state index contributed by atoms with van der Waals surface area (Å²) in [6.45, 7) is 5.04. The number of fused-ring (bicyclic) bond motifs is 1. The van der Waals surface area contributed by atoms with Gasteiger partial charge in [0.05, 0.1) is 0 Å². The molecule has 0 atom stereocenters. The molecule has 0 unspecified atom stereocenters. The molecular formula is C19H22N2O. The summed E-state index contributed by atoms with van der Waals surface area (Å²) in [6, 6.07) is 10.1. The van der Waals surface area contributed by atoms with E-state index in [1.54, 1.807) is 6.07 Å². The third-order valence-electron chi connectivity index (χ3n) is 4.20. The number of hydrogen-bond donors (Lipinski definition) is 2. The van der Waals surface area contributed by atoms with Gasteiger partial charge in [-0.15, -0.1) is 0 Å². The number of benzene rings is 1. The second kappa shape index (κ2) is 6.22. The first-order valence-corrected chi connectivity index (χ1v) is 7.91. The molecule has 0 saturated heterocycles. The topological polar surface area (TPSA) is 44.9 Å². The van der Waals surface area contributed by atoms with Crippen molar-refractivity contribution in [1.29, 1.82) is 0 Å². The molecule has 1 aliphatic rings. The van der Waals surface area contributed by atoms with Crippen LogP contribution in [0.5, 0.6) is 0 Å². The molecule has 3 heteroatoms. The van der Waals surface area contributed by atoms with Gasteiger partial charge >= 0.3 is 0 Å². The predicted molar refractivity (Wildman–Crippen MR) is 90.8 cm³/mol. The van der Waals surface area contributed by atoms with Gasteiger partial charge in [0.25, 0.3) is 0 Å². The lowest BCUT2D eigenvalue weighted by molar-refractivity contribution is 0.790. The Balaban J connectivity index is 1.75. The van der Waals surface area contributed by atoms with Crippen LogP contribution in [0.15, 0.2) is 40.8 Å². The van der Waals surface area contributed by atoms with Crippen LogP contribution in [0.3, 0.4) is 0 Å². The summed E-state index contributed by atoms with van der Waals surface area (Å²) in [5, 5.41) is 3.47. The first kappa shape index (κ1) is 14.6. The van der Waals surface area contributed by atoms with Gasteiger partial charge in [-0.2, -0.15) is 0 Å². The average molecular weight is 294 g/mol. The molecule has 1 heterocycles. The van der Waals surface area contributed by atoms with Crippen molar-refractivity contribution in [2.75, 3.05) is 0 Å². The second-order valence-electron chi connectivity index (χ2n) is 5.93. The predicted octanol–water partition coefficient (Wildman–Crippen LogP) is 3.32. The fraction of sp³-hybridized carbons (Fsp3) is 0.316. The first-order chi connectivity index (χ1) is 10.7. The van der Waals surface area contributed by atoms with Crippen molar-refractivity contribution in [2.45, 2.75) is 39.7 Å². The molecule has 0 aliphatic heterocycles. The van der Waals surface area contributed by atoms with Crippen LogP contribution in [-0.4, -0.2) is 4.98 Å². The van der Waals surface area contributed by atoms with Gasteiger partial charge in [-0.1, -0.05) is 37.6 Å². The molecule has 0 bridgehead atoms. The Morgan fingerprint density at radius 1 is 1.27 bits per heavy atom. The van der Waals surface area contributed by atoms with Gasteiger partial charge in [-0.3, -0.25) is 4.79 Å². The molecular weight excluding hydrogens is 272 g/mol. The number of allylic oxidation sites excluding steroid dienone is 1. The van der Waals surface area contributed by atoms with E-state index in [9.17, 15) is 4.79 Å². The molecule has 1 aromatic carbocycles. The van der Waals surface area contributed by atoms with E-state index in [0.717, 1.165) is 42.0 Å². The van der Waals surface area contributed by atoms with Crippen LogP contribution in [0.1, 0.15) is 41.4 Å². The standard InChI is InChI=1S/C19H22N2O/c1-3-6-15-11-19(22)17-9-16(10-18(17)21-15)20-12-14-8-5-4-7-13(14)2/h4-5,7-8,10-11,20H,3,6,9,12H2,1-2H3,(H,21,22). The van der Waals surface area contributed by atoms with Crippen molar-refractivity contribution < 1.29 is 0 Å². The van der Waals surface area contributed by atoms with Gasteiger partial charge in [0, 0.05) is 41.7 Å². The van der Waals surface area contributed by atoms with E-state index in [0.29, 0.717) is 6.42 Å². The Morgan fingerprint density at radius 3 is 2.86 bits per heavy atom. The summed E-state index contributed by atoms with van der Waals surface area (Å²) in [6.07, 6.45) is 4.73. The molecule has 0 fully saturated rings. The SMILES string of the molecule is CCCc1cc(=O)c2c([nH]1)C=C(NCc1ccccc1C)C2. The highest BCUT2D eigenvalue weighted by Crippen LogP contribution is 2.20. The van der Waals surface area contributed by atoms with Crippen LogP contribution in [0, 0.1) is 6.92 Å². The fourth-order valence-corrected chi connectivity index (χ4v) is 2.92. The van der Waals surface area contributed by atoms with Crippen LogP contribution in [0.4, 0.5) is 0 Å². The van der Waals surface area contributed by atoms with Crippen LogP contribution < -0.4 is 10.7 Å². The molecule has 3 nitrogen and oxygen atoms in total. The molecule has 114 valence electrons. The first-order valence-electron chi connectivity index (χ1n) is 7.91. The highest BCUT2D eigenvalue weighted by Gasteiger charge is 2.17. The summed E-state index contributed by atoms with van der Waals surface area (Å²) in [7, 11) is 0. The summed E-state index contributed by atoms with van der Waals surface area (Å²) < 4.78 is 0. The normalized spacial score (nSPS) is 12.9. The Labute approximate surface area is 131 Å². The lowest BCUT2D eigenvalue weighted by atomic mass is 10.1. The number of pyridine rings is 1. The van der Waals surface area contributed by atoms with E-state index in [2.05, 4.69) is 54.5 Å². The molecule has 2 aromatic rings. The van der Waals surface area contributed by atoms with Crippen LogP contribution in [0.25, 0.3) is 6.08 Å². The number of aromatic amines is 1. The molecule has 0 spiro atoms. The maximum absolute atomic E-state index is 12.2. The van der Waals surface area contributed by atoms with Gasteiger partial charge in [-0.25, -0.2) is 0 Å². The van der Waals surface area contributed by atoms with Crippen molar-refractivity contribution in [2.24, 2.45) is 0 Å². The molecule has 3 rings (SSSR count). The number of aromatic nitrogens is 1. The number of aryl methyl sites for hydroxylation is 2. The molecule has 1 aromatic heterocycles. The minimum Gasteiger partial charge on any atom is -0.384 e. The molecule has 0 saturated carbocycles. The largest absolute Gasteiger partial charge is 0.384 e. The maximum Gasteiger partial charge on any atom is 0.186 e. The van der Waals surface area contributed by atoms with Gasteiger partial charge in [0.2, 0.25) is 0 Å². The minimum absolute atomic E-state index is 0.154. The lowest BCUT2D eigenvalue weighted by Crippen LogP contribution is -2.16. The van der Waals surface area contributed by atoms with Crippen molar-refractivity contribution in [3.63, 3.8) is 0 Å². The third kappa shape index (κ3) is 2.98. The minimum atomic E-state index is 0.154. The van der Waals surface area contributed by atoms with Crippen molar-refractivity contribution in [3.8, 4) is 0 Å². The Morgan fingerprint density at radius 2 is 2.09 bits per heavy atom. The van der Waals surface area contributed by atoms with Gasteiger partial charge < -0.3 is 10.3 Å². The van der Waals surface area contributed by atoms with Crippen LogP contribution >= 0.6 is 0 Å². The second-order valence-corrected chi connectivity index (χ2v) is 5.93. The van der Waals surface area contributed by atoms with E-state index in [1.165, 1.54) is 11.1 Å².